The summed E-state index contributed by atoms with van der Waals surface area (Å²) in [5, 5.41) is 7.61. The lowest BCUT2D eigenvalue weighted by molar-refractivity contribution is 0.0617. The molecule has 0 radical (unpaired) electrons. The van der Waals surface area contributed by atoms with E-state index in [0.717, 1.165) is 23.4 Å². The van der Waals surface area contributed by atoms with E-state index in [4.69, 9.17) is 9.47 Å². The second-order valence-corrected chi connectivity index (χ2v) is 5.58. The van der Waals surface area contributed by atoms with Gasteiger partial charge in [-0.05, 0) is 17.7 Å². The lowest BCUT2D eigenvalue weighted by atomic mass is 10.2. The second-order valence-electron chi connectivity index (χ2n) is 4.86. The third-order valence-corrected chi connectivity index (χ3v) is 3.67. The van der Waals surface area contributed by atoms with Crippen LogP contribution in [-0.4, -0.2) is 37.9 Å². The molecule has 0 bridgehead atoms. The van der Waals surface area contributed by atoms with Crippen molar-refractivity contribution in [2.75, 3.05) is 32.2 Å². The molecule has 0 atom stereocenters. The maximum absolute atomic E-state index is 11.9. The fourth-order valence-electron chi connectivity index (χ4n) is 1.91. The number of nitrogens with zero attached hydrogens (tertiary/aromatic N) is 1. The van der Waals surface area contributed by atoms with Gasteiger partial charge in [-0.1, -0.05) is 12.1 Å². The van der Waals surface area contributed by atoms with Crippen LogP contribution >= 0.6 is 11.3 Å². The van der Waals surface area contributed by atoms with Gasteiger partial charge < -0.3 is 20.1 Å². The average molecular weight is 335 g/mol. The lowest BCUT2D eigenvalue weighted by Crippen LogP contribution is -2.30. The van der Waals surface area contributed by atoms with Crippen molar-refractivity contribution in [3.63, 3.8) is 0 Å². The number of urea groups is 1. The molecule has 2 amide bonds. The average Bonchev–Trinajstić information content (AvgIpc) is 3.05. The van der Waals surface area contributed by atoms with E-state index in [2.05, 4.69) is 15.6 Å². The smallest absolute Gasteiger partial charge is 0.319 e. The number of benzene rings is 1. The summed E-state index contributed by atoms with van der Waals surface area (Å²) < 4.78 is 10.4. The molecule has 2 aromatic rings. The fourth-order valence-corrected chi connectivity index (χ4v) is 2.50. The van der Waals surface area contributed by atoms with Crippen LogP contribution in [0, 0.1) is 0 Å². The number of carbonyl (C=O) groups is 1. The molecule has 23 heavy (non-hydrogen) atoms. The van der Waals surface area contributed by atoms with E-state index in [9.17, 15) is 4.79 Å². The van der Waals surface area contributed by atoms with Crippen LogP contribution in [-0.2, 0) is 22.5 Å². The molecule has 6 nitrogen and oxygen atoms in total. The summed E-state index contributed by atoms with van der Waals surface area (Å²) >= 11 is 1.55. The molecular formula is C16H21N3O3S. The van der Waals surface area contributed by atoms with E-state index in [1.807, 2.05) is 29.6 Å². The molecule has 0 aliphatic heterocycles. The van der Waals surface area contributed by atoms with Gasteiger partial charge in [-0.2, -0.15) is 0 Å². The highest BCUT2D eigenvalue weighted by atomic mass is 32.1. The zero-order chi connectivity index (χ0) is 16.3. The SMILES string of the molecule is COCCOCc1cccc(NC(=O)NCCc2cscn2)c1. The molecule has 0 saturated heterocycles. The molecule has 2 rings (SSSR count). The van der Waals surface area contributed by atoms with Crippen LogP contribution in [0.5, 0.6) is 0 Å². The summed E-state index contributed by atoms with van der Waals surface area (Å²) in [6, 6.07) is 7.36. The Labute approximate surface area is 139 Å². The monoisotopic (exact) mass is 335 g/mol. The van der Waals surface area contributed by atoms with E-state index < -0.39 is 0 Å². The van der Waals surface area contributed by atoms with Gasteiger partial charge in [0.15, 0.2) is 0 Å². The number of thiazole rings is 1. The van der Waals surface area contributed by atoms with Gasteiger partial charge in [0, 0.05) is 31.1 Å². The number of rotatable bonds is 9. The lowest BCUT2D eigenvalue weighted by Gasteiger charge is -2.09. The van der Waals surface area contributed by atoms with Crippen LogP contribution in [0.1, 0.15) is 11.3 Å². The van der Waals surface area contributed by atoms with Crippen molar-refractivity contribution in [1.29, 1.82) is 0 Å². The number of amides is 2. The first kappa shape index (κ1) is 17.4. The molecule has 1 aromatic carbocycles. The molecule has 0 saturated carbocycles. The van der Waals surface area contributed by atoms with Gasteiger partial charge >= 0.3 is 6.03 Å². The van der Waals surface area contributed by atoms with Crippen LogP contribution in [0.25, 0.3) is 0 Å². The number of hydrogen-bond acceptors (Lipinski definition) is 5. The van der Waals surface area contributed by atoms with Crippen molar-refractivity contribution in [2.45, 2.75) is 13.0 Å². The van der Waals surface area contributed by atoms with E-state index in [1.165, 1.54) is 0 Å². The highest BCUT2D eigenvalue weighted by Crippen LogP contribution is 2.11. The number of ether oxygens (including phenoxy) is 2. The Kier molecular flexibility index (Phi) is 7.51. The standard InChI is InChI=1S/C16H21N3O3S/c1-21-7-8-22-10-13-3-2-4-14(9-13)19-16(20)17-6-5-15-11-23-12-18-15/h2-4,9,11-12H,5-8,10H2,1H3,(H2,17,19,20). The highest BCUT2D eigenvalue weighted by molar-refractivity contribution is 7.07. The normalized spacial score (nSPS) is 10.5. The largest absolute Gasteiger partial charge is 0.382 e. The summed E-state index contributed by atoms with van der Waals surface area (Å²) in [6.07, 6.45) is 0.726. The molecule has 0 aliphatic rings. The zero-order valence-corrected chi connectivity index (χ0v) is 13.9. The minimum atomic E-state index is -0.224. The van der Waals surface area contributed by atoms with Gasteiger partial charge in [-0.3, -0.25) is 0 Å². The molecule has 1 aromatic heterocycles. The van der Waals surface area contributed by atoms with Crippen molar-refractivity contribution < 1.29 is 14.3 Å². The first-order chi connectivity index (χ1) is 11.3. The van der Waals surface area contributed by atoms with Crippen LogP contribution in [0.3, 0.4) is 0 Å². The Balaban J connectivity index is 1.72. The van der Waals surface area contributed by atoms with Gasteiger partial charge in [0.2, 0.25) is 0 Å². The van der Waals surface area contributed by atoms with Crippen LogP contribution in [0.4, 0.5) is 10.5 Å². The molecule has 0 unspecified atom stereocenters. The quantitative estimate of drug-likeness (QED) is 0.691. The summed E-state index contributed by atoms with van der Waals surface area (Å²) in [6.45, 7) is 2.16. The molecule has 1 heterocycles. The summed E-state index contributed by atoms with van der Waals surface area (Å²) in [5.74, 6) is 0. The fraction of sp³-hybridized carbons (Fsp3) is 0.375. The number of carbonyl (C=O) groups excluding carboxylic acids is 1. The first-order valence-electron chi connectivity index (χ1n) is 7.35. The van der Waals surface area contributed by atoms with Crippen LogP contribution in [0.15, 0.2) is 35.2 Å². The van der Waals surface area contributed by atoms with E-state index >= 15 is 0 Å². The molecule has 0 fully saturated rings. The minimum Gasteiger partial charge on any atom is -0.382 e. The van der Waals surface area contributed by atoms with Gasteiger partial charge in [-0.15, -0.1) is 11.3 Å². The van der Waals surface area contributed by atoms with E-state index in [1.54, 1.807) is 24.0 Å². The Morgan fingerprint density at radius 1 is 1.35 bits per heavy atom. The Hall–Kier alpha value is -1.96. The maximum Gasteiger partial charge on any atom is 0.319 e. The Morgan fingerprint density at radius 3 is 3.04 bits per heavy atom. The van der Waals surface area contributed by atoms with Gasteiger partial charge in [0.1, 0.15) is 0 Å². The summed E-state index contributed by atoms with van der Waals surface area (Å²) in [4.78, 5) is 16.0. The zero-order valence-electron chi connectivity index (χ0n) is 13.1. The van der Waals surface area contributed by atoms with Gasteiger partial charge in [0.25, 0.3) is 0 Å². The number of methoxy groups -OCH3 is 1. The number of hydrogen-bond donors (Lipinski definition) is 2. The molecule has 0 spiro atoms. The molecule has 0 aliphatic carbocycles. The van der Waals surface area contributed by atoms with E-state index in [0.29, 0.717) is 26.4 Å². The van der Waals surface area contributed by atoms with Crippen molar-refractivity contribution in [3.05, 3.63) is 46.4 Å². The number of anilines is 1. The molecule has 2 N–H and O–H groups in total. The van der Waals surface area contributed by atoms with Crippen LogP contribution < -0.4 is 10.6 Å². The topological polar surface area (TPSA) is 72.5 Å². The highest BCUT2D eigenvalue weighted by Gasteiger charge is 2.03. The summed E-state index contributed by atoms with van der Waals surface area (Å²) in [5.41, 5.74) is 4.52. The van der Waals surface area contributed by atoms with Gasteiger partial charge in [0.05, 0.1) is 31.0 Å². The maximum atomic E-state index is 11.9. The third kappa shape index (κ3) is 6.77. The first-order valence-corrected chi connectivity index (χ1v) is 8.30. The van der Waals surface area contributed by atoms with Crippen molar-refractivity contribution in [2.24, 2.45) is 0 Å². The minimum absolute atomic E-state index is 0.224. The van der Waals surface area contributed by atoms with Crippen molar-refractivity contribution in [1.82, 2.24) is 10.3 Å². The van der Waals surface area contributed by atoms with Crippen molar-refractivity contribution in [3.8, 4) is 0 Å². The predicted molar refractivity (Wildman–Crippen MR) is 90.8 cm³/mol. The van der Waals surface area contributed by atoms with Gasteiger partial charge in [-0.25, -0.2) is 9.78 Å². The molecular weight excluding hydrogens is 314 g/mol. The predicted octanol–water partition coefficient (Wildman–Crippen LogP) is 2.67. The van der Waals surface area contributed by atoms with E-state index in [-0.39, 0.29) is 6.03 Å². The Morgan fingerprint density at radius 2 is 2.26 bits per heavy atom. The van der Waals surface area contributed by atoms with Crippen LogP contribution in [0.2, 0.25) is 0 Å². The Bertz CT molecular complexity index is 590. The second kappa shape index (κ2) is 9.94. The van der Waals surface area contributed by atoms with Crippen molar-refractivity contribution >= 4 is 23.1 Å². The third-order valence-electron chi connectivity index (χ3n) is 3.04. The molecule has 124 valence electrons. The number of nitrogens with one attached hydrogen (secondary N) is 2. The number of aromatic nitrogens is 1. The molecule has 7 heteroatoms. The summed E-state index contributed by atoms with van der Waals surface area (Å²) in [7, 11) is 1.64.